The summed E-state index contributed by atoms with van der Waals surface area (Å²) in [6.45, 7) is 0. The molecule has 0 saturated carbocycles. The van der Waals surface area contributed by atoms with Gasteiger partial charge in [-0.05, 0) is 18.6 Å². The van der Waals surface area contributed by atoms with Gasteiger partial charge in [-0.25, -0.2) is 4.52 Å². The minimum Gasteiger partial charge on any atom is -0.496 e. The first-order chi connectivity index (χ1) is 14.7. The third-order valence-corrected chi connectivity index (χ3v) is 5.44. The largest absolute Gasteiger partial charge is 0.496 e. The Morgan fingerprint density at radius 2 is 1.83 bits per heavy atom. The van der Waals surface area contributed by atoms with E-state index in [1.54, 1.807) is 23.8 Å². The molecular formula is C22H20N4O3S. The van der Waals surface area contributed by atoms with Crippen LogP contribution < -0.4 is 10.1 Å². The summed E-state index contributed by atoms with van der Waals surface area (Å²) >= 11 is 1.43. The Hall–Kier alpha value is -3.52. The molecule has 2 aromatic carbocycles. The lowest BCUT2D eigenvalue weighted by atomic mass is 10.1. The van der Waals surface area contributed by atoms with E-state index in [2.05, 4.69) is 15.4 Å². The summed E-state index contributed by atoms with van der Waals surface area (Å²) in [5, 5.41) is 9.09. The Kier molecular flexibility index (Phi) is 5.85. The standard InChI is InChI=1S/C22H20N4O3S/c1-29-19-12-6-5-10-16(19)17-14-30-22-24-21(25-26(17)22)23-20(28)13-7-11-18(27)15-8-3-2-4-9-15/h2-6,8-10,12,14H,7,11,13H2,1H3,(H,23,25,28). The van der Waals surface area contributed by atoms with Crippen LogP contribution in [0.5, 0.6) is 5.75 Å². The Morgan fingerprint density at radius 3 is 2.63 bits per heavy atom. The fourth-order valence-electron chi connectivity index (χ4n) is 3.14. The number of amides is 1. The van der Waals surface area contributed by atoms with Crippen LogP contribution in [0.2, 0.25) is 0 Å². The van der Waals surface area contributed by atoms with Gasteiger partial charge in [0.2, 0.25) is 16.8 Å². The molecule has 4 aromatic rings. The van der Waals surface area contributed by atoms with Crippen LogP contribution >= 0.6 is 11.3 Å². The first-order valence-electron chi connectivity index (χ1n) is 9.51. The number of Topliss-reactive ketones (excluding diaryl/α,β-unsaturated/α-hetero) is 1. The third kappa shape index (κ3) is 4.23. The Labute approximate surface area is 177 Å². The van der Waals surface area contributed by atoms with Gasteiger partial charge in [-0.1, -0.05) is 42.5 Å². The molecule has 30 heavy (non-hydrogen) atoms. The number of ether oxygens (including phenoxy) is 1. The van der Waals surface area contributed by atoms with Gasteiger partial charge >= 0.3 is 0 Å². The van der Waals surface area contributed by atoms with E-state index >= 15 is 0 Å². The maximum absolute atomic E-state index is 12.3. The summed E-state index contributed by atoms with van der Waals surface area (Å²) in [6.07, 6.45) is 1.01. The van der Waals surface area contributed by atoms with Crippen molar-refractivity contribution in [2.75, 3.05) is 12.4 Å². The fraction of sp³-hybridized carbons (Fsp3) is 0.182. The Bertz CT molecular complexity index is 1180. The highest BCUT2D eigenvalue weighted by atomic mass is 32.1. The molecule has 0 bridgehead atoms. The number of fused-ring (bicyclic) bond motifs is 1. The first-order valence-corrected chi connectivity index (χ1v) is 10.4. The fourth-order valence-corrected chi connectivity index (χ4v) is 3.96. The lowest BCUT2D eigenvalue weighted by Gasteiger charge is -2.06. The molecule has 4 rings (SSSR count). The molecule has 0 fully saturated rings. The van der Waals surface area contributed by atoms with Gasteiger partial charge < -0.3 is 4.74 Å². The molecular weight excluding hydrogens is 400 g/mol. The van der Waals surface area contributed by atoms with Crippen molar-refractivity contribution >= 4 is 33.9 Å². The number of carbonyl (C=O) groups is 2. The minimum atomic E-state index is -0.215. The summed E-state index contributed by atoms with van der Waals surface area (Å²) in [7, 11) is 1.62. The van der Waals surface area contributed by atoms with Crippen molar-refractivity contribution in [3.05, 3.63) is 65.5 Å². The van der Waals surface area contributed by atoms with Gasteiger partial charge in [0.25, 0.3) is 0 Å². The second-order valence-electron chi connectivity index (χ2n) is 6.64. The highest BCUT2D eigenvalue weighted by Gasteiger charge is 2.16. The molecule has 0 aliphatic heterocycles. The lowest BCUT2D eigenvalue weighted by molar-refractivity contribution is -0.116. The van der Waals surface area contributed by atoms with Crippen molar-refractivity contribution in [2.24, 2.45) is 0 Å². The molecule has 0 saturated heterocycles. The van der Waals surface area contributed by atoms with E-state index in [0.717, 1.165) is 17.0 Å². The first kappa shape index (κ1) is 19.8. The van der Waals surface area contributed by atoms with E-state index in [1.807, 2.05) is 47.8 Å². The zero-order valence-corrected chi connectivity index (χ0v) is 17.2. The molecule has 8 heteroatoms. The Morgan fingerprint density at radius 1 is 1.07 bits per heavy atom. The zero-order valence-electron chi connectivity index (χ0n) is 16.4. The summed E-state index contributed by atoms with van der Waals surface area (Å²) in [5.41, 5.74) is 2.40. The molecule has 2 heterocycles. The van der Waals surface area contributed by atoms with Crippen LogP contribution in [0.1, 0.15) is 29.6 Å². The van der Waals surface area contributed by atoms with Gasteiger partial charge in [-0.2, -0.15) is 4.98 Å². The number of anilines is 1. The van der Waals surface area contributed by atoms with Gasteiger partial charge in [0.05, 0.1) is 12.8 Å². The van der Waals surface area contributed by atoms with Crippen LogP contribution in [0.3, 0.4) is 0 Å². The van der Waals surface area contributed by atoms with Crippen molar-refractivity contribution in [1.82, 2.24) is 14.6 Å². The van der Waals surface area contributed by atoms with E-state index in [1.165, 1.54) is 11.3 Å². The zero-order chi connectivity index (χ0) is 20.9. The van der Waals surface area contributed by atoms with E-state index in [0.29, 0.717) is 23.4 Å². The van der Waals surface area contributed by atoms with Gasteiger partial charge in [0.15, 0.2) is 5.78 Å². The van der Waals surface area contributed by atoms with E-state index in [-0.39, 0.29) is 24.1 Å². The number of methoxy groups -OCH3 is 1. The number of para-hydroxylation sites is 1. The molecule has 7 nitrogen and oxygen atoms in total. The predicted molar refractivity (Wildman–Crippen MR) is 116 cm³/mol. The average molecular weight is 420 g/mol. The monoisotopic (exact) mass is 420 g/mol. The summed E-state index contributed by atoms with van der Waals surface area (Å²) in [5.74, 6) is 0.803. The van der Waals surface area contributed by atoms with Crippen LogP contribution in [-0.4, -0.2) is 33.4 Å². The van der Waals surface area contributed by atoms with Crippen LogP contribution in [0.15, 0.2) is 60.0 Å². The molecule has 0 atom stereocenters. The smallest absolute Gasteiger partial charge is 0.250 e. The second kappa shape index (κ2) is 8.87. The molecule has 0 radical (unpaired) electrons. The number of ketones is 1. The number of thiazole rings is 1. The molecule has 152 valence electrons. The van der Waals surface area contributed by atoms with Crippen LogP contribution in [-0.2, 0) is 4.79 Å². The van der Waals surface area contributed by atoms with Crippen molar-refractivity contribution in [3.63, 3.8) is 0 Å². The lowest BCUT2D eigenvalue weighted by Crippen LogP contribution is -2.13. The van der Waals surface area contributed by atoms with E-state index in [4.69, 9.17) is 4.74 Å². The molecule has 0 aliphatic rings. The number of hydrogen-bond acceptors (Lipinski definition) is 6. The van der Waals surface area contributed by atoms with Crippen molar-refractivity contribution in [1.29, 1.82) is 0 Å². The van der Waals surface area contributed by atoms with Gasteiger partial charge in [-0.3, -0.25) is 14.9 Å². The Balaban J connectivity index is 1.39. The number of nitrogens with one attached hydrogen (secondary N) is 1. The molecule has 1 N–H and O–H groups in total. The van der Waals surface area contributed by atoms with Gasteiger partial charge in [-0.15, -0.1) is 16.4 Å². The summed E-state index contributed by atoms with van der Waals surface area (Å²) in [6, 6.07) is 16.8. The second-order valence-corrected chi connectivity index (χ2v) is 7.48. The van der Waals surface area contributed by atoms with E-state index in [9.17, 15) is 9.59 Å². The van der Waals surface area contributed by atoms with Gasteiger partial charge in [0, 0.05) is 29.3 Å². The average Bonchev–Trinajstić information content (AvgIpc) is 3.34. The number of rotatable bonds is 8. The molecule has 0 spiro atoms. The number of carbonyl (C=O) groups excluding carboxylic acids is 2. The van der Waals surface area contributed by atoms with Gasteiger partial charge in [0.1, 0.15) is 5.75 Å². The highest BCUT2D eigenvalue weighted by Crippen LogP contribution is 2.32. The van der Waals surface area contributed by atoms with Crippen molar-refractivity contribution in [2.45, 2.75) is 19.3 Å². The molecule has 2 aromatic heterocycles. The maximum atomic E-state index is 12.3. The molecule has 1 amide bonds. The quantitative estimate of drug-likeness (QED) is 0.426. The molecule has 0 unspecified atom stereocenters. The van der Waals surface area contributed by atoms with Crippen LogP contribution in [0.4, 0.5) is 5.95 Å². The third-order valence-electron chi connectivity index (χ3n) is 4.62. The number of benzene rings is 2. The number of aromatic nitrogens is 3. The highest BCUT2D eigenvalue weighted by molar-refractivity contribution is 7.15. The number of nitrogens with zero attached hydrogens (tertiary/aromatic N) is 3. The maximum Gasteiger partial charge on any atom is 0.250 e. The molecule has 0 aliphatic carbocycles. The SMILES string of the molecule is COc1ccccc1-c1csc2nc(NC(=O)CCCC(=O)c3ccccc3)nn12. The normalized spacial score (nSPS) is 10.8. The summed E-state index contributed by atoms with van der Waals surface area (Å²) < 4.78 is 7.12. The topological polar surface area (TPSA) is 85.6 Å². The van der Waals surface area contributed by atoms with Crippen LogP contribution in [0.25, 0.3) is 16.2 Å². The van der Waals surface area contributed by atoms with Crippen molar-refractivity contribution < 1.29 is 14.3 Å². The minimum absolute atomic E-state index is 0.0329. The predicted octanol–water partition coefficient (Wildman–Crippen LogP) is 4.46. The van der Waals surface area contributed by atoms with E-state index < -0.39 is 0 Å². The van der Waals surface area contributed by atoms with Crippen LogP contribution in [0, 0.1) is 0 Å². The summed E-state index contributed by atoms with van der Waals surface area (Å²) in [4.78, 5) is 29.4. The van der Waals surface area contributed by atoms with Crippen molar-refractivity contribution in [3.8, 4) is 17.0 Å². The number of hydrogen-bond donors (Lipinski definition) is 1.